The molecule has 1 atom stereocenters. The molecule has 1 nitrogen and oxygen atoms in total. The summed E-state index contributed by atoms with van der Waals surface area (Å²) in [7, 11) is 0. The molecule has 0 saturated carbocycles. The fourth-order valence-electron chi connectivity index (χ4n) is 1.50. The summed E-state index contributed by atoms with van der Waals surface area (Å²) in [5.74, 6) is 0. The predicted molar refractivity (Wildman–Crippen MR) is 47.9 cm³/mol. The topological polar surface area (TPSA) is 9.23 Å². The molecule has 0 heterocycles. The van der Waals surface area contributed by atoms with E-state index in [1.165, 1.54) is 6.42 Å². The van der Waals surface area contributed by atoms with Gasteiger partial charge in [0.1, 0.15) is 6.67 Å². The van der Waals surface area contributed by atoms with Gasteiger partial charge in [0.05, 0.1) is 12.7 Å². The van der Waals surface area contributed by atoms with E-state index in [0.717, 1.165) is 25.7 Å². The summed E-state index contributed by atoms with van der Waals surface area (Å²) in [5, 5.41) is 0. The average Bonchev–Trinajstić information content (AvgIpc) is 2.02. The van der Waals surface area contributed by atoms with Gasteiger partial charge in [0, 0.05) is 0 Å². The van der Waals surface area contributed by atoms with Crippen molar-refractivity contribution in [3.8, 4) is 0 Å². The van der Waals surface area contributed by atoms with Crippen LogP contribution in [0.15, 0.2) is 12.2 Å². The molecule has 0 aromatic heterocycles. The molecule has 1 unspecified atom stereocenters. The number of ether oxygens (including phenoxy) is 1. The van der Waals surface area contributed by atoms with E-state index in [0.29, 0.717) is 6.10 Å². The quantitative estimate of drug-likeness (QED) is 0.593. The average molecular weight is 171 g/mol. The number of halogens is 1. The Morgan fingerprint density at radius 1 is 1.25 bits per heavy atom. The fraction of sp³-hybridized carbons (Fsp3) is 0.800. The smallest absolute Gasteiger partial charge is 0.113 e. The van der Waals surface area contributed by atoms with Gasteiger partial charge in [-0.25, -0.2) is 4.39 Å². The molecule has 0 amide bonds. The van der Waals surface area contributed by atoms with Crippen molar-refractivity contribution in [2.24, 2.45) is 0 Å². The summed E-state index contributed by atoms with van der Waals surface area (Å²) >= 11 is 0. The van der Waals surface area contributed by atoms with Crippen LogP contribution in [0.3, 0.4) is 0 Å². The first-order chi connectivity index (χ1) is 5.93. The standard InChI is InChI=1S/C10H17FO/c11-8-9-12-10-6-4-2-1-3-5-7-10/h1-2,10H,3-9H2/b2-1+/i11-1. The van der Waals surface area contributed by atoms with Gasteiger partial charge in [0.2, 0.25) is 0 Å². The van der Waals surface area contributed by atoms with Crippen LogP contribution in [-0.2, 0) is 4.74 Å². The highest BCUT2D eigenvalue weighted by Gasteiger charge is 2.08. The first-order valence-electron chi connectivity index (χ1n) is 4.76. The van der Waals surface area contributed by atoms with Gasteiger partial charge in [-0.2, -0.15) is 0 Å². The molecule has 70 valence electrons. The highest BCUT2D eigenvalue weighted by Crippen LogP contribution is 2.15. The Labute approximate surface area is 73.6 Å². The van der Waals surface area contributed by atoms with Crippen LogP contribution in [0.2, 0.25) is 0 Å². The largest absolute Gasteiger partial charge is 0.375 e. The third kappa shape index (κ3) is 3.86. The Hall–Kier alpha value is -0.370. The Balaban J connectivity index is 2.18. The maximum Gasteiger partial charge on any atom is 0.113 e. The molecule has 0 fully saturated rings. The molecule has 0 N–H and O–H groups in total. The summed E-state index contributed by atoms with van der Waals surface area (Å²) in [4.78, 5) is 0. The summed E-state index contributed by atoms with van der Waals surface area (Å²) in [6.07, 6.45) is 10.3. The minimum Gasteiger partial charge on any atom is -0.375 e. The summed E-state index contributed by atoms with van der Waals surface area (Å²) in [5.41, 5.74) is 0. The number of rotatable bonds is 3. The number of alkyl halides is 1. The zero-order chi connectivity index (χ0) is 8.65. The number of allylic oxidation sites excluding steroid dienone is 2. The van der Waals surface area contributed by atoms with Crippen LogP contribution in [0.1, 0.15) is 32.1 Å². The summed E-state index contributed by atoms with van der Waals surface area (Å²) in [6.45, 7) is -0.0826. The molecular formula is C10H17FO. The number of hydrogen-bond donors (Lipinski definition) is 0. The number of hydrogen-bond acceptors (Lipinski definition) is 1. The molecule has 1 aliphatic carbocycles. The van der Waals surface area contributed by atoms with Crippen molar-refractivity contribution in [3.63, 3.8) is 0 Å². The van der Waals surface area contributed by atoms with Crippen LogP contribution >= 0.6 is 0 Å². The molecule has 0 spiro atoms. The molecule has 0 radical (unpaired) electrons. The minimum atomic E-state index is -0.355. The van der Waals surface area contributed by atoms with E-state index in [2.05, 4.69) is 12.2 Å². The second kappa shape index (κ2) is 6.18. The van der Waals surface area contributed by atoms with Crippen molar-refractivity contribution in [3.05, 3.63) is 12.2 Å². The predicted octanol–water partition coefficient (Wildman–Crippen LogP) is 2.86. The van der Waals surface area contributed by atoms with Gasteiger partial charge in [0.15, 0.2) is 0 Å². The lowest BCUT2D eigenvalue weighted by Gasteiger charge is -2.17. The molecular weight excluding hydrogens is 154 g/mol. The zero-order valence-corrected chi connectivity index (χ0v) is 7.47. The van der Waals surface area contributed by atoms with Crippen LogP contribution in [0, 0.1) is 0 Å². The van der Waals surface area contributed by atoms with E-state index in [-0.39, 0.29) is 13.3 Å². The van der Waals surface area contributed by atoms with Crippen LogP contribution in [0.5, 0.6) is 0 Å². The fourth-order valence-corrected chi connectivity index (χ4v) is 1.50. The van der Waals surface area contributed by atoms with Crippen molar-refractivity contribution >= 4 is 0 Å². The highest BCUT2D eigenvalue weighted by atomic mass is 18.2. The van der Waals surface area contributed by atoms with E-state index in [4.69, 9.17) is 4.74 Å². The van der Waals surface area contributed by atoms with Gasteiger partial charge >= 0.3 is 0 Å². The molecule has 1 rings (SSSR count). The van der Waals surface area contributed by atoms with Crippen LogP contribution in [0.4, 0.5) is 4.39 Å². The van der Waals surface area contributed by atoms with Crippen molar-refractivity contribution in [2.45, 2.75) is 38.2 Å². The summed E-state index contributed by atoms with van der Waals surface area (Å²) in [6, 6.07) is 0. The first-order valence-corrected chi connectivity index (χ1v) is 4.76. The maximum absolute atomic E-state index is 11.8. The van der Waals surface area contributed by atoms with Crippen molar-refractivity contribution in [1.82, 2.24) is 0 Å². The molecule has 0 aromatic rings. The van der Waals surface area contributed by atoms with E-state index in [1.807, 2.05) is 0 Å². The Kier molecular flexibility index (Phi) is 5.00. The third-order valence-electron chi connectivity index (χ3n) is 2.15. The normalized spacial score (nSPS) is 27.6. The lowest BCUT2D eigenvalue weighted by Crippen LogP contribution is -2.15. The van der Waals surface area contributed by atoms with Crippen LogP contribution < -0.4 is 0 Å². The minimum absolute atomic E-state index is 0.272. The molecule has 0 aromatic carbocycles. The van der Waals surface area contributed by atoms with E-state index >= 15 is 0 Å². The molecule has 0 aliphatic heterocycles. The van der Waals surface area contributed by atoms with E-state index in [1.54, 1.807) is 0 Å². The lowest BCUT2D eigenvalue weighted by molar-refractivity contribution is 0.0326. The van der Waals surface area contributed by atoms with Crippen molar-refractivity contribution in [2.75, 3.05) is 13.3 Å². The second-order valence-corrected chi connectivity index (χ2v) is 3.16. The third-order valence-corrected chi connectivity index (χ3v) is 2.15. The Morgan fingerprint density at radius 2 is 2.08 bits per heavy atom. The van der Waals surface area contributed by atoms with E-state index in [9.17, 15) is 4.39 Å². The molecule has 2 heteroatoms. The van der Waals surface area contributed by atoms with Gasteiger partial charge in [-0.05, 0) is 32.1 Å². The van der Waals surface area contributed by atoms with Crippen molar-refractivity contribution in [1.29, 1.82) is 0 Å². The second-order valence-electron chi connectivity index (χ2n) is 3.16. The molecule has 1 aliphatic rings. The Bertz CT molecular complexity index is 134. The molecule has 0 saturated heterocycles. The zero-order valence-electron chi connectivity index (χ0n) is 7.47. The van der Waals surface area contributed by atoms with Gasteiger partial charge in [-0.3, -0.25) is 0 Å². The first kappa shape index (κ1) is 9.72. The van der Waals surface area contributed by atoms with Crippen LogP contribution in [0.25, 0.3) is 0 Å². The highest BCUT2D eigenvalue weighted by molar-refractivity contribution is 4.85. The van der Waals surface area contributed by atoms with Gasteiger partial charge in [-0.15, -0.1) is 0 Å². The Morgan fingerprint density at radius 3 is 2.92 bits per heavy atom. The van der Waals surface area contributed by atoms with Crippen molar-refractivity contribution < 1.29 is 9.13 Å². The lowest BCUT2D eigenvalue weighted by atomic mass is 10.0. The van der Waals surface area contributed by atoms with Gasteiger partial charge in [-0.1, -0.05) is 12.2 Å². The van der Waals surface area contributed by atoms with Gasteiger partial charge < -0.3 is 4.74 Å². The van der Waals surface area contributed by atoms with Gasteiger partial charge in [0.25, 0.3) is 0 Å². The maximum atomic E-state index is 11.8. The SMILES string of the molecule is [18F]CCOC1CC/C=C/CCC1. The molecule has 0 bridgehead atoms. The van der Waals surface area contributed by atoms with Crippen LogP contribution in [-0.4, -0.2) is 19.4 Å². The van der Waals surface area contributed by atoms with E-state index < -0.39 is 0 Å². The monoisotopic (exact) mass is 171 g/mol. The molecule has 12 heavy (non-hydrogen) atoms. The summed E-state index contributed by atoms with van der Waals surface area (Å²) < 4.78 is 17.1.